The van der Waals surface area contributed by atoms with E-state index >= 15 is 0 Å². The van der Waals surface area contributed by atoms with Gasteiger partial charge in [0.2, 0.25) is 11.7 Å². The number of halogens is 1. The second kappa shape index (κ2) is 6.36. The molecule has 0 radical (unpaired) electrons. The number of aromatic nitrogens is 5. The molecule has 1 aromatic carbocycles. The van der Waals surface area contributed by atoms with E-state index in [4.69, 9.17) is 4.52 Å². The quantitative estimate of drug-likeness (QED) is 0.784. The fraction of sp³-hybridized carbons (Fsp3) is 0.412. The lowest BCUT2D eigenvalue weighted by Gasteiger charge is -2.25. The summed E-state index contributed by atoms with van der Waals surface area (Å²) in [4.78, 5) is 8.64. The summed E-state index contributed by atoms with van der Waals surface area (Å²) in [5, 5.41) is 11.7. The van der Waals surface area contributed by atoms with Gasteiger partial charge in [0.25, 0.3) is 0 Å². The third-order valence-corrected chi connectivity index (χ3v) is 4.53. The Morgan fingerprint density at radius 2 is 2.28 bits per heavy atom. The van der Waals surface area contributed by atoms with Crippen molar-refractivity contribution in [2.75, 3.05) is 0 Å². The average molecular weight is 342 g/mol. The minimum atomic E-state index is -0.277. The second-order valence-electron chi connectivity index (χ2n) is 6.40. The topological polar surface area (TPSA) is 81.7 Å². The maximum atomic E-state index is 13.7. The van der Waals surface area contributed by atoms with Crippen LogP contribution in [0.3, 0.4) is 0 Å². The lowest BCUT2D eigenvalue weighted by molar-refractivity contribution is 0.288. The Labute approximate surface area is 144 Å². The molecule has 0 aliphatic carbocycles. The van der Waals surface area contributed by atoms with Gasteiger partial charge in [-0.2, -0.15) is 10.1 Å². The van der Waals surface area contributed by atoms with E-state index < -0.39 is 0 Å². The molecule has 0 unspecified atom stereocenters. The third kappa shape index (κ3) is 3.17. The van der Waals surface area contributed by atoms with E-state index in [-0.39, 0.29) is 17.9 Å². The Bertz CT molecular complexity index is 889. The molecule has 25 heavy (non-hydrogen) atoms. The number of rotatable bonds is 4. The Balaban J connectivity index is 1.45. The number of benzene rings is 1. The summed E-state index contributed by atoms with van der Waals surface area (Å²) in [6, 6.07) is 5.08. The average Bonchev–Trinajstić information content (AvgIpc) is 3.26. The molecule has 1 aliphatic rings. The van der Waals surface area contributed by atoms with Gasteiger partial charge in [-0.25, -0.2) is 14.1 Å². The molecule has 130 valence electrons. The highest BCUT2D eigenvalue weighted by atomic mass is 19.1. The summed E-state index contributed by atoms with van der Waals surface area (Å²) in [6.45, 7) is 4.46. The van der Waals surface area contributed by atoms with E-state index in [9.17, 15) is 4.39 Å². The van der Waals surface area contributed by atoms with Crippen molar-refractivity contribution in [2.45, 2.75) is 45.3 Å². The van der Waals surface area contributed by atoms with Crippen LogP contribution < -0.4 is 5.32 Å². The number of aryl methyl sites for hydroxylation is 2. The van der Waals surface area contributed by atoms with Gasteiger partial charge in [0, 0.05) is 18.0 Å². The summed E-state index contributed by atoms with van der Waals surface area (Å²) in [6.07, 6.45) is 3.46. The zero-order valence-electron chi connectivity index (χ0n) is 14.1. The maximum absolute atomic E-state index is 13.7. The molecule has 0 bridgehead atoms. The highest BCUT2D eigenvalue weighted by Gasteiger charge is 2.24. The zero-order valence-corrected chi connectivity index (χ0v) is 14.1. The van der Waals surface area contributed by atoms with Crippen molar-refractivity contribution in [3.63, 3.8) is 0 Å². The van der Waals surface area contributed by atoms with Crippen molar-refractivity contribution in [1.82, 2.24) is 30.2 Å². The van der Waals surface area contributed by atoms with Crippen LogP contribution in [0.4, 0.5) is 4.39 Å². The summed E-state index contributed by atoms with van der Waals surface area (Å²) in [5.74, 6) is 1.62. The summed E-state index contributed by atoms with van der Waals surface area (Å²) in [7, 11) is 0. The van der Waals surface area contributed by atoms with Crippen LogP contribution in [0.25, 0.3) is 11.4 Å². The van der Waals surface area contributed by atoms with Crippen LogP contribution in [0.1, 0.15) is 36.7 Å². The second-order valence-corrected chi connectivity index (χ2v) is 6.40. The lowest BCUT2D eigenvalue weighted by Crippen LogP contribution is -2.39. The first-order valence-electron chi connectivity index (χ1n) is 8.33. The molecule has 4 rings (SSSR count). The number of nitrogens with one attached hydrogen (secondary N) is 1. The molecule has 2 atom stereocenters. The first-order valence-corrected chi connectivity index (χ1v) is 8.33. The van der Waals surface area contributed by atoms with Gasteiger partial charge >= 0.3 is 0 Å². The number of fused-ring (bicyclic) bond motifs is 1. The predicted octanol–water partition coefficient (Wildman–Crippen LogP) is 2.44. The van der Waals surface area contributed by atoms with E-state index in [1.165, 1.54) is 6.07 Å². The number of hydrogen-bond donors (Lipinski definition) is 1. The fourth-order valence-corrected chi connectivity index (χ4v) is 3.06. The summed E-state index contributed by atoms with van der Waals surface area (Å²) in [5.41, 5.74) is 1.20. The molecule has 0 saturated heterocycles. The molecule has 1 N–H and O–H groups in total. The van der Waals surface area contributed by atoms with Crippen LogP contribution in [-0.4, -0.2) is 30.9 Å². The molecule has 1 aliphatic heterocycles. The summed E-state index contributed by atoms with van der Waals surface area (Å²) >= 11 is 0. The van der Waals surface area contributed by atoms with Crippen molar-refractivity contribution in [1.29, 1.82) is 0 Å². The van der Waals surface area contributed by atoms with Crippen molar-refractivity contribution in [2.24, 2.45) is 0 Å². The highest BCUT2D eigenvalue weighted by molar-refractivity contribution is 5.54. The van der Waals surface area contributed by atoms with Gasteiger partial charge < -0.3 is 9.84 Å². The zero-order chi connectivity index (χ0) is 17.4. The molecule has 0 saturated carbocycles. The molecule has 0 fully saturated rings. The first-order chi connectivity index (χ1) is 12.1. The monoisotopic (exact) mass is 342 g/mol. The predicted molar refractivity (Wildman–Crippen MR) is 88.1 cm³/mol. The molecule has 7 nitrogen and oxygen atoms in total. The van der Waals surface area contributed by atoms with Crippen molar-refractivity contribution >= 4 is 0 Å². The van der Waals surface area contributed by atoms with Gasteiger partial charge in [-0.1, -0.05) is 17.3 Å². The first kappa shape index (κ1) is 15.9. The lowest BCUT2D eigenvalue weighted by atomic mass is 10.1. The van der Waals surface area contributed by atoms with Crippen LogP contribution >= 0.6 is 0 Å². The minimum absolute atomic E-state index is 0.105. The molecule has 3 heterocycles. The normalized spacial score (nSPS) is 18.1. The third-order valence-electron chi connectivity index (χ3n) is 4.53. The standard InChI is InChI=1S/C17H19FN6O/c1-10-3-4-12(7-14(10)18)16-22-17(25-23-16)11(2)21-13-5-6-15-19-9-20-24(15)8-13/h3-4,7,9,11,13,21H,5-6,8H2,1-2H3/t11-,13+/m1/s1. The van der Waals surface area contributed by atoms with Crippen molar-refractivity contribution in [3.05, 3.63) is 47.6 Å². The van der Waals surface area contributed by atoms with E-state index in [1.807, 2.05) is 11.6 Å². The van der Waals surface area contributed by atoms with Gasteiger partial charge in [-0.15, -0.1) is 0 Å². The fourth-order valence-electron chi connectivity index (χ4n) is 3.06. The molecule has 2 aromatic heterocycles. The highest BCUT2D eigenvalue weighted by Crippen LogP contribution is 2.22. The summed E-state index contributed by atoms with van der Waals surface area (Å²) < 4.78 is 21.0. The molecule has 0 amide bonds. The number of hydrogen-bond acceptors (Lipinski definition) is 6. The van der Waals surface area contributed by atoms with E-state index in [1.54, 1.807) is 25.4 Å². The SMILES string of the molecule is Cc1ccc(-c2noc([C@@H](C)N[C@H]3CCc4ncnn4C3)n2)cc1F. The van der Waals surface area contributed by atoms with Gasteiger partial charge in [0.1, 0.15) is 18.0 Å². The van der Waals surface area contributed by atoms with Crippen molar-refractivity contribution < 1.29 is 8.91 Å². The Morgan fingerprint density at radius 3 is 3.12 bits per heavy atom. The van der Waals surface area contributed by atoms with E-state index in [2.05, 4.69) is 25.5 Å². The Hall–Kier alpha value is -2.61. The molecular weight excluding hydrogens is 323 g/mol. The van der Waals surface area contributed by atoms with Gasteiger partial charge in [-0.3, -0.25) is 0 Å². The van der Waals surface area contributed by atoms with Crippen LogP contribution in [0, 0.1) is 12.7 Å². The van der Waals surface area contributed by atoms with Gasteiger partial charge in [0.05, 0.1) is 12.6 Å². The molecule has 0 spiro atoms. The van der Waals surface area contributed by atoms with Crippen LogP contribution in [0.5, 0.6) is 0 Å². The largest absolute Gasteiger partial charge is 0.337 e. The van der Waals surface area contributed by atoms with Gasteiger partial charge in [0.15, 0.2) is 0 Å². The molecule has 8 heteroatoms. The smallest absolute Gasteiger partial charge is 0.243 e. The maximum Gasteiger partial charge on any atom is 0.243 e. The van der Waals surface area contributed by atoms with Crippen molar-refractivity contribution in [3.8, 4) is 11.4 Å². The molecular formula is C17H19FN6O. The van der Waals surface area contributed by atoms with E-state index in [0.717, 1.165) is 25.2 Å². The van der Waals surface area contributed by atoms with Crippen LogP contribution in [0.15, 0.2) is 29.0 Å². The molecule has 3 aromatic rings. The minimum Gasteiger partial charge on any atom is -0.337 e. The Morgan fingerprint density at radius 1 is 1.40 bits per heavy atom. The van der Waals surface area contributed by atoms with Crippen LogP contribution in [0.2, 0.25) is 0 Å². The Kier molecular flexibility index (Phi) is 4.04. The van der Waals surface area contributed by atoms with Crippen LogP contribution in [-0.2, 0) is 13.0 Å². The van der Waals surface area contributed by atoms with Gasteiger partial charge in [-0.05, 0) is 31.9 Å². The van der Waals surface area contributed by atoms with E-state index in [0.29, 0.717) is 22.8 Å². The number of nitrogens with zero attached hydrogens (tertiary/aromatic N) is 5.